The Balaban J connectivity index is 1.87. The highest BCUT2D eigenvalue weighted by Crippen LogP contribution is 2.34. The molecule has 2 N–H and O–H groups in total. The molecule has 0 atom stereocenters. The molecule has 0 aliphatic carbocycles. The van der Waals surface area contributed by atoms with Gasteiger partial charge in [-0.2, -0.15) is 5.26 Å². The number of hydrogen-bond donors (Lipinski definition) is 2. The number of para-hydroxylation sites is 1. The fraction of sp³-hybridized carbons (Fsp3) is 0.211. The highest BCUT2D eigenvalue weighted by Gasteiger charge is 2.26. The van der Waals surface area contributed by atoms with Crippen LogP contribution in [0, 0.1) is 11.3 Å². The second-order valence-electron chi connectivity index (χ2n) is 6.20. The lowest BCUT2D eigenvalue weighted by molar-refractivity contribution is 0.590. The number of nitriles is 1. The number of rotatable bonds is 3. The number of benzene rings is 2. The van der Waals surface area contributed by atoms with E-state index in [4.69, 9.17) is 0 Å². The van der Waals surface area contributed by atoms with Crippen molar-refractivity contribution in [2.75, 3.05) is 31.1 Å². The second kappa shape index (κ2) is 6.48. The van der Waals surface area contributed by atoms with Gasteiger partial charge in [0.15, 0.2) is 0 Å². The second-order valence-corrected chi connectivity index (χ2v) is 8.09. The maximum Gasteiger partial charge on any atom is 0.210 e. The zero-order valence-corrected chi connectivity index (χ0v) is 14.9. The smallest absolute Gasteiger partial charge is 0.210 e. The molecule has 0 amide bonds. The van der Waals surface area contributed by atoms with Gasteiger partial charge in [-0.05, 0) is 18.2 Å². The Hall–Kier alpha value is -2.82. The Morgan fingerprint density at radius 3 is 2.54 bits per heavy atom. The van der Waals surface area contributed by atoms with Crippen molar-refractivity contribution in [2.45, 2.75) is 9.79 Å². The fourth-order valence-corrected chi connectivity index (χ4v) is 4.99. The first kappa shape index (κ1) is 16.6. The molecular weight excluding hydrogens is 348 g/mol. The topological polar surface area (TPSA) is 89.0 Å². The molecule has 2 heterocycles. The molecule has 0 radical (unpaired) electrons. The first-order chi connectivity index (χ1) is 12.6. The molecule has 132 valence electrons. The van der Waals surface area contributed by atoms with Crippen LogP contribution in [0.25, 0.3) is 10.9 Å². The van der Waals surface area contributed by atoms with Crippen LogP contribution in [0.2, 0.25) is 0 Å². The zero-order valence-electron chi connectivity index (χ0n) is 14.1. The molecule has 1 saturated heterocycles. The van der Waals surface area contributed by atoms with Gasteiger partial charge < -0.3 is 15.2 Å². The van der Waals surface area contributed by atoms with E-state index >= 15 is 0 Å². The Labute approximate surface area is 152 Å². The van der Waals surface area contributed by atoms with E-state index in [0.29, 0.717) is 5.39 Å². The number of aromatic nitrogens is 1. The molecule has 1 aliphatic heterocycles. The highest BCUT2D eigenvalue weighted by molar-refractivity contribution is 7.91. The average Bonchev–Trinajstić information content (AvgIpc) is 3.13. The van der Waals surface area contributed by atoms with Crippen LogP contribution in [0.4, 0.5) is 5.69 Å². The lowest BCUT2D eigenvalue weighted by atomic mass is 10.2. The van der Waals surface area contributed by atoms with Gasteiger partial charge in [-0.3, -0.25) is 0 Å². The minimum Gasteiger partial charge on any atom is -0.367 e. The summed E-state index contributed by atoms with van der Waals surface area (Å²) in [5.74, 6) is 0. The minimum atomic E-state index is -3.80. The Morgan fingerprint density at radius 1 is 1.00 bits per heavy atom. The summed E-state index contributed by atoms with van der Waals surface area (Å²) < 4.78 is 26.4. The van der Waals surface area contributed by atoms with Crippen molar-refractivity contribution in [3.05, 3.63) is 54.2 Å². The number of piperazine rings is 1. The van der Waals surface area contributed by atoms with Crippen LogP contribution >= 0.6 is 0 Å². The minimum absolute atomic E-state index is 0.0379. The summed E-state index contributed by atoms with van der Waals surface area (Å²) in [6.07, 6.45) is 1.53. The normalized spacial score (nSPS) is 15.1. The molecule has 0 spiro atoms. The van der Waals surface area contributed by atoms with Gasteiger partial charge in [-0.15, -0.1) is 0 Å². The predicted molar refractivity (Wildman–Crippen MR) is 100.0 cm³/mol. The summed E-state index contributed by atoms with van der Waals surface area (Å²) >= 11 is 0. The van der Waals surface area contributed by atoms with Crippen LogP contribution in [-0.2, 0) is 9.84 Å². The molecule has 26 heavy (non-hydrogen) atoms. The molecule has 3 aromatic rings. The van der Waals surface area contributed by atoms with Crippen LogP contribution in [0.15, 0.2) is 58.5 Å². The first-order valence-electron chi connectivity index (χ1n) is 8.43. The molecule has 1 aromatic heterocycles. The number of nitrogens with zero attached hydrogens (tertiary/aromatic N) is 2. The van der Waals surface area contributed by atoms with Gasteiger partial charge in [0, 0.05) is 37.8 Å². The maximum atomic E-state index is 13.2. The first-order valence-corrected chi connectivity index (χ1v) is 9.91. The number of sulfone groups is 1. The molecule has 0 bridgehead atoms. The molecule has 6 nitrogen and oxygen atoms in total. The largest absolute Gasteiger partial charge is 0.367 e. The predicted octanol–water partition coefficient (Wildman–Crippen LogP) is 2.28. The van der Waals surface area contributed by atoms with E-state index < -0.39 is 9.84 Å². The van der Waals surface area contributed by atoms with Gasteiger partial charge in [-0.25, -0.2) is 8.42 Å². The van der Waals surface area contributed by atoms with Crippen molar-refractivity contribution >= 4 is 26.4 Å². The van der Waals surface area contributed by atoms with Gasteiger partial charge in [0.1, 0.15) is 6.07 Å². The van der Waals surface area contributed by atoms with E-state index in [0.717, 1.165) is 37.4 Å². The SMILES string of the molecule is N#Cc1ccccc1S(=O)(=O)c1c[nH]c2c(N3CCNCC3)cccc12. The van der Waals surface area contributed by atoms with Gasteiger partial charge in [0.25, 0.3) is 0 Å². The summed E-state index contributed by atoms with van der Waals surface area (Å²) in [5, 5.41) is 13.2. The lowest BCUT2D eigenvalue weighted by Crippen LogP contribution is -2.43. The Morgan fingerprint density at radius 2 is 1.77 bits per heavy atom. The van der Waals surface area contributed by atoms with Crippen molar-refractivity contribution in [3.63, 3.8) is 0 Å². The molecule has 7 heteroatoms. The number of fused-ring (bicyclic) bond motifs is 1. The highest BCUT2D eigenvalue weighted by atomic mass is 32.2. The standard InChI is InChI=1S/C19H18N4O2S/c20-12-14-4-1-2-7-17(14)26(24,25)18-13-22-19-15(18)5-3-6-16(19)23-10-8-21-9-11-23/h1-7,13,21-22H,8-11H2. The number of nitrogens with one attached hydrogen (secondary N) is 2. The van der Waals surface area contributed by atoms with Crippen LogP contribution in [-0.4, -0.2) is 39.6 Å². The van der Waals surface area contributed by atoms with E-state index in [1.165, 1.54) is 18.3 Å². The van der Waals surface area contributed by atoms with Crippen LogP contribution < -0.4 is 10.2 Å². The van der Waals surface area contributed by atoms with Crippen molar-refractivity contribution in [2.24, 2.45) is 0 Å². The molecule has 4 rings (SSSR count). The fourth-order valence-electron chi connectivity index (χ4n) is 3.42. The third-order valence-corrected chi connectivity index (χ3v) is 6.55. The molecular formula is C19H18N4O2S. The van der Waals surface area contributed by atoms with Gasteiger partial charge in [0.2, 0.25) is 9.84 Å². The third-order valence-electron chi connectivity index (χ3n) is 4.70. The lowest BCUT2D eigenvalue weighted by Gasteiger charge is -2.29. The third kappa shape index (κ3) is 2.64. The van der Waals surface area contributed by atoms with Crippen molar-refractivity contribution in [1.82, 2.24) is 10.3 Å². The summed E-state index contributed by atoms with van der Waals surface area (Å²) in [4.78, 5) is 5.63. The monoisotopic (exact) mass is 366 g/mol. The van der Waals surface area contributed by atoms with E-state index in [-0.39, 0.29) is 15.4 Å². The van der Waals surface area contributed by atoms with Gasteiger partial charge >= 0.3 is 0 Å². The number of aromatic amines is 1. The molecule has 2 aromatic carbocycles. The van der Waals surface area contributed by atoms with Crippen LogP contribution in [0.1, 0.15) is 5.56 Å². The average molecular weight is 366 g/mol. The van der Waals surface area contributed by atoms with Crippen molar-refractivity contribution < 1.29 is 8.42 Å². The van der Waals surface area contributed by atoms with E-state index in [2.05, 4.69) is 15.2 Å². The van der Waals surface area contributed by atoms with Crippen molar-refractivity contribution in [1.29, 1.82) is 5.26 Å². The number of anilines is 1. The molecule has 0 unspecified atom stereocenters. The molecule has 1 aliphatic rings. The Kier molecular flexibility index (Phi) is 4.15. The van der Waals surface area contributed by atoms with Crippen LogP contribution in [0.3, 0.4) is 0 Å². The molecule has 1 fully saturated rings. The summed E-state index contributed by atoms with van der Waals surface area (Å²) in [5.41, 5.74) is 1.96. The van der Waals surface area contributed by atoms with Gasteiger partial charge in [-0.1, -0.05) is 24.3 Å². The number of hydrogen-bond acceptors (Lipinski definition) is 5. The van der Waals surface area contributed by atoms with Crippen molar-refractivity contribution in [3.8, 4) is 6.07 Å². The van der Waals surface area contributed by atoms with Gasteiger partial charge in [0.05, 0.1) is 26.6 Å². The van der Waals surface area contributed by atoms with E-state index in [1.807, 2.05) is 18.2 Å². The van der Waals surface area contributed by atoms with E-state index in [9.17, 15) is 13.7 Å². The molecule has 0 saturated carbocycles. The number of H-pyrrole nitrogens is 1. The zero-order chi connectivity index (χ0) is 18.1. The summed E-state index contributed by atoms with van der Waals surface area (Å²) in [7, 11) is -3.80. The van der Waals surface area contributed by atoms with E-state index in [1.54, 1.807) is 18.2 Å². The maximum absolute atomic E-state index is 13.2. The van der Waals surface area contributed by atoms with Crippen LogP contribution in [0.5, 0.6) is 0 Å². The summed E-state index contributed by atoms with van der Waals surface area (Å²) in [6, 6.07) is 14.0. The summed E-state index contributed by atoms with van der Waals surface area (Å²) in [6.45, 7) is 3.55. The Bertz CT molecular complexity index is 1110. The quantitative estimate of drug-likeness (QED) is 0.742.